The first kappa shape index (κ1) is 7.02. The van der Waals surface area contributed by atoms with E-state index in [9.17, 15) is 0 Å². The van der Waals surface area contributed by atoms with Gasteiger partial charge in [-0.25, -0.2) is 0 Å². The fraction of sp³-hybridized carbons (Fsp3) is 0.286. The van der Waals surface area contributed by atoms with Crippen LogP contribution in [0.4, 0.5) is 0 Å². The van der Waals surface area contributed by atoms with E-state index in [-0.39, 0.29) is 12.4 Å². The molecule has 0 aliphatic heterocycles. The predicted octanol–water partition coefficient (Wildman–Crippen LogP) is 0.588. The minimum absolute atomic E-state index is 0.0579. The van der Waals surface area contributed by atoms with Gasteiger partial charge in [0.1, 0.15) is 5.75 Å². The SMILES string of the molecule is Cc1cncc(O)c1CO. The van der Waals surface area contributed by atoms with Crippen LogP contribution in [0, 0.1) is 6.92 Å². The van der Waals surface area contributed by atoms with Crippen LogP contribution >= 0.6 is 0 Å². The maximum Gasteiger partial charge on any atom is 0.139 e. The topological polar surface area (TPSA) is 53.4 Å². The Morgan fingerprint density at radius 1 is 1.50 bits per heavy atom. The van der Waals surface area contributed by atoms with Gasteiger partial charge in [0.05, 0.1) is 12.8 Å². The molecule has 0 spiro atoms. The summed E-state index contributed by atoms with van der Waals surface area (Å²) in [6.07, 6.45) is 2.92. The largest absolute Gasteiger partial charge is 0.506 e. The van der Waals surface area contributed by atoms with Crippen LogP contribution in [-0.4, -0.2) is 15.2 Å². The van der Waals surface area contributed by atoms with E-state index in [0.29, 0.717) is 5.56 Å². The Morgan fingerprint density at radius 2 is 2.20 bits per heavy atom. The molecule has 0 aliphatic rings. The molecule has 3 nitrogen and oxygen atoms in total. The number of rotatable bonds is 1. The average molecular weight is 139 g/mol. The van der Waals surface area contributed by atoms with Gasteiger partial charge in [-0.05, 0) is 12.5 Å². The van der Waals surface area contributed by atoms with Gasteiger partial charge in [-0.3, -0.25) is 4.98 Å². The Labute approximate surface area is 59.0 Å². The zero-order chi connectivity index (χ0) is 7.56. The molecule has 0 unspecified atom stereocenters. The Morgan fingerprint density at radius 3 is 2.60 bits per heavy atom. The summed E-state index contributed by atoms with van der Waals surface area (Å²) in [7, 11) is 0. The molecule has 54 valence electrons. The predicted molar refractivity (Wildman–Crippen MR) is 36.6 cm³/mol. The number of aliphatic hydroxyl groups excluding tert-OH is 1. The normalized spacial score (nSPS) is 9.80. The fourth-order valence-electron chi connectivity index (χ4n) is 0.783. The van der Waals surface area contributed by atoms with Crippen LogP contribution in [-0.2, 0) is 6.61 Å². The molecule has 0 amide bonds. The molecule has 0 aromatic carbocycles. The van der Waals surface area contributed by atoms with Crippen molar-refractivity contribution in [3.63, 3.8) is 0 Å². The van der Waals surface area contributed by atoms with Gasteiger partial charge in [0.2, 0.25) is 0 Å². The van der Waals surface area contributed by atoms with Crippen molar-refractivity contribution >= 4 is 0 Å². The van der Waals surface area contributed by atoms with Crippen LogP contribution in [0.1, 0.15) is 11.1 Å². The third kappa shape index (κ3) is 1.09. The van der Waals surface area contributed by atoms with Crippen LogP contribution in [0.2, 0.25) is 0 Å². The summed E-state index contributed by atoms with van der Waals surface area (Å²) in [5.74, 6) is 0.0579. The first-order valence-corrected chi connectivity index (χ1v) is 2.99. The summed E-state index contributed by atoms with van der Waals surface area (Å²) in [6.45, 7) is 1.65. The lowest BCUT2D eigenvalue weighted by molar-refractivity contribution is 0.274. The van der Waals surface area contributed by atoms with Crippen molar-refractivity contribution < 1.29 is 10.2 Å². The van der Waals surface area contributed by atoms with Crippen molar-refractivity contribution in [2.75, 3.05) is 0 Å². The second kappa shape index (κ2) is 2.66. The highest BCUT2D eigenvalue weighted by Gasteiger charge is 2.01. The number of aryl methyl sites for hydroxylation is 1. The summed E-state index contributed by atoms with van der Waals surface area (Å²) in [4.78, 5) is 3.73. The number of hydrogen-bond acceptors (Lipinski definition) is 3. The van der Waals surface area contributed by atoms with Crippen molar-refractivity contribution in [2.24, 2.45) is 0 Å². The van der Waals surface area contributed by atoms with E-state index in [1.54, 1.807) is 13.1 Å². The minimum Gasteiger partial charge on any atom is -0.506 e. The van der Waals surface area contributed by atoms with Crippen LogP contribution in [0.3, 0.4) is 0 Å². The van der Waals surface area contributed by atoms with Gasteiger partial charge in [0.15, 0.2) is 0 Å². The molecule has 2 N–H and O–H groups in total. The number of aliphatic hydroxyl groups is 1. The van der Waals surface area contributed by atoms with E-state index in [0.717, 1.165) is 5.56 Å². The lowest BCUT2D eigenvalue weighted by Crippen LogP contribution is -1.89. The maximum absolute atomic E-state index is 9.07. The molecule has 1 rings (SSSR count). The Kier molecular flexibility index (Phi) is 1.87. The summed E-state index contributed by atoms with van der Waals surface area (Å²) >= 11 is 0. The monoisotopic (exact) mass is 139 g/mol. The third-order valence-corrected chi connectivity index (χ3v) is 1.41. The smallest absolute Gasteiger partial charge is 0.139 e. The van der Waals surface area contributed by atoms with Gasteiger partial charge in [-0.2, -0.15) is 0 Å². The number of hydrogen-bond donors (Lipinski definition) is 2. The van der Waals surface area contributed by atoms with Crippen molar-refractivity contribution in [3.05, 3.63) is 23.5 Å². The molecule has 0 atom stereocenters. The molecule has 0 radical (unpaired) electrons. The third-order valence-electron chi connectivity index (χ3n) is 1.41. The number of nitrogens with zero attached hydrogens (tertiary/aromatic N) is 1. The molecular weight excluding hydrogens is 130 g/mol. The van der Waals surface area contributed by atoms with Crippen molar-refractivity contribution in [1.29, 1.82) is 0 Å². The Balaban J connectivity index is 3.17. The number of pyridine rings is 1. The number of aromatic nitrogens is 1. The van der Waals surface area contributed by atoms with Crippen molar-refractivity contribution in [2.45, 2.75) is 13.5 Å². The van der Waals surface area contributed by atoms with Gasteiger partial charge in [0.25, 0.3) is 0 Å². The summed E-state index contributed by atoms with van der Waals surface area (Å²) < 4.78 is 0. The molecule has 1 aromatic rings. The van der Waals surface area contributed by atoms with Crippen LogP contribution < -0.4 is 0 Å². The van der Waals surface area contributed by atoms with E-state index in [1.807, 2.05) is 0 Å². The zero-order valence-electron chi connectivity index (χ0n) is 5.70. The Hall–Kier alpha value is -1.09. The van der Waals surface area contributed by atoms with Crippen molar-refractivity contribution in [1.82, 2.24) is 4.98 Å². The first-order valence-electron chi connectivity index (χ1n) is 2.99. The van der Waals surface area contributed by atoms with Gasteiger partial charge in [-0.1, -0.05) is 0 Å². The van der Waals surface area contributed by atoms with E-state index >= 15 is 0 Å². The molecule has 0 bridgehead atoms. The molecule has 1 aromatic heterocycles. The molecule has 0 fully saturated rings. The summed E-state index contributed by atoms with van der Waals surface area (Å²) in [5.41, 5.74) is 1.36. The van der Waals surface area contributed by atoms with Crippen LogP contribution in [0.15, 0.2) is 12.4 Å². The lowest BCUT2D eigenvalue weighted by Gasteiger charge is -2.01. The average Bonchev–Trinajstić information content (AvgIpc) is 1.88. The molecular formula is C7H9NO2. The van der Waals surface area contributed by atoms with Gasteiger partial charge >= 0.3 is 0 Å². The minimum atomic E-state index is -0.139. The maximum atomic E-state index is 9.07. The molecule has 10 heavy (non-hydrogen) atoms. The molecule has 1 heterocycles. The second-order valence-corrected chi connectivity index (χ2v) is 2.11. The van der Waals surface area contributed by atoms with Crippen LogP contribution in [0.25, 0.3) is 0 Å². The highest BCUT2D eigenvalue weighted by atomic mass is 16.3. The van der Waals surface area contributed by atoms with Crippen molar-refractivity contribution in [3.8, 4) is 5.75 Å². The van der Waals surface area contributed by atoms with E-state index < -0.39 is 0 Å². The highest BCUT2D eigenvalue weighted by Crippen LogP contribution is 2.17. The quantitative estimate of drug-likeness (QED) is 0.598. The lowest BCUT2D eigenvalue weighted by atomic mass is 10.1. The number of aromatic hydroxyl groups is 1. The Bertz CT molecular complexity index is 215. The molecule has 3 heteroatoms. The van der Waals surface area contributed by atoms with E-state index in [1.165, 1.54) is 6.20 Å². The van der Waals surface area contributed by atoms with E-state index in [4.69, 9.17) is 10.2 Å². The zero-order valence-corrected chi connectivity index (χ0v) is 5.70. The molecule has 0 aliphatic carbocycles. The molecule has 0 saturated carbocycles. The summed E-state index contributed by atoms with van der Waals surface area (Å²) in [6, 6.07) is 0. The van der Waals surface area contributed by atoms with Crippen LogP contribution in [0.5, 0.6) is 5.75 Å². The van der Waals surface area contributed by atoms with Gasteiger partial charge in [-0.15, -0.1) is 0 Å². The fourth-order valence-corrected chi connectivity index (χ4v) is 0.783. The second-order valence-electron chi connectivity index (χ2n) is 2.11. The standard InChI is InChI=1S/C7H9NO2/c1-5-2-8-3-7(10)6(5)4-9/h2-3,9-10H,4H2,1H3. The molecule has 0 saturated heterocycles. The highest BCUT2D eigenvalue weighted by molar-refractivity contribution is 5.34. The van der Waals surface area contributed by atoms with Gasteiger partial charge < -0.3 is 10.2 Å². The van der Waals surface area contributed by atoms with E-state index in [2.05, 4.69) is 4.98 Å². The first-order chi connectivity index (χ1) is 4.75. The van der Waals surface area contributed by atoms with Gasteiger partial charge in [0, 0.05) is 11.8 Å². The summed E-state index contributed by atoms with van der Waals surface area (Å²) in [5, 5.41) is 17.8.